The topological polar surface area (TPSA) is 133 Å². The van der Waals surface area contributed by atoms with E-state index in [0.717, 1.165) is 11.3 Å². The number of rotatable bonds is 8. The first kappa shape index (κ1) is 20.0. The number of thiophene rings is 1. The molecule has 0 atom stereocenters. The molecule has 0 spiro atoms. The molecular formula is C17H18N4O5S2. The van der Waals surface area contributed by atoms with Crippen LogP contribution in [0.2, 0.25) is 0 Å². The fourth-order valence-corrected chi connectivity index (χ4v) is 4.24. The highest BCUT2D eigenvalue weighted by atomic mass is 32.2. The van der Waals surface area contributed by atoms with Gasteiger partial charge in [-0.2, -0.15) is 0 Å². The molecule has 3 heterocycles. The van der Waals surface area contributed by atoms with Gasteiger partial charge in [0.15, 0.2) is 0 Å². The smallest absolute Gasteiger partial charge is 0.348 e. The van der Waals surface area contributed by atoms with Crippen molar-refractivity contribution in [3.05, 3.63) is 34.3 Å². The summed E-state index contributed by atoms with van der Waals surface area (Å²) in [7, 11) is 0. The second-order valence-electron chi connectivity index (χ2n) is 5.34. The first-order valence-electron chi connectivity index (χ1n) is 8.40. The lowest BCUT2D eigenvalue weighted by atomic mass is 10.1. The molecule has 0 unspecified atom stereocenters. The second kappa shape index (κ2) is 8.93. The summed E-state index contributed by atoms with van der Waals surface area (Å²) < 4.78 is 15.8. The molecule has 0 radical (unpaired) electrons. The molecular weight excluding hydrogens is 404 g/mol. The van der Waals surface area contributed by atoms with Crippen LogP contribution in [0.5, 0.6) is 0 Å². The first-order valence-corrected chi connectivity index (χ1v) is 10.2. The number of nitrogen functional groups attached to an aromatic ring is 1. The van der Waals surface area contributed by atoms with E-state index >= 15 is 0 Å². The lowest BCUT2D eigenvalue weighted by molar-refractivity contribution is 0.0527. The third kappa shape index (κ3) is 4.20. The summed E-state index contributed by atoms with van der Waals surface area (Å²) >= 11 is 2.18. The Morgan fingerprint density at radius 2 is 2.00 bits per heavy atom. The molecule has 148 valence electrons. The minimum Gasteiger partial charge on any atom is -0.462 e. The van der Waals surface area contributed by atoms with Crippen molar-refractivity contribution in [3.8, 4) is 11.6 Å². The molecule has 3 aromatic rings. The molecule has 0 aliphatic heterocycles. The summed E-state index contributed by atoms with van der Waals surface area (Å²) in [5.41, 5.74) is 7.29. The van der Waals surface area contributed by atoms with Crippen LogP contribution in [0.15, 0.2) is 28.0 Å². The standard InChI is InChI=1S/C17H18N4O5S2/c1-3-24-15(22)11-9(12(28-13(11)18)16(23)25-4-2)8-27-17-21-20-14(26-17)10-6-5-7-19-10/h5-7,19H,3-4,8,18H2,1-2H3. The first-order chi connectivity index (χ1) is 13.5. The Kier molecular flexibility index (Phi) is 6.37. The second-order valence-corrected chi connectivity index (χ2v) is 7.31. The number of aromatic nitrogens is 3. The molecule has 0 saturated heterocycles. The number of ether oxygens (including phenoxy) is 2. The van der Waals surface area contributed by atoms with Crippen molar-refractivity contribution in [1.29, 1.82) is 0 Å². The van der Waals surface area contributed by atoms with Crippen molar-refractivity contribution in [1.82, 2.24) is 15.2 Å². The van der Waals surface area contributed by atoms with Crippen molar-refractivity contribution in [3.63, 3.8) is 0 Å². The molecule has 3 rings (SSSR count). The van der Waals surface area contributed by atoms with Crippen LogP contribution in [0.25, 0.3) is 11.6 Å². The highest BCUT2D eigenvalue weighted by molar-refractivity contribution is 7.98. The van der Waals surface area contributed by atoms with Gasteiger partial charge in [-0.15, -0.1) is 21.5 Å². The summed E-state index contributed by atoms with van der Waals surface area (Å²) in [5, 5.41) is 8.45. The zero-order chi connectivity index (χ0) is 20.1. The SMILES string of the molecule is CCOC(=O)c1sc(N)c(C(=O)OCC)c1CSc1nnc(-c2ccc[nH]2)o1. The normalized spacial score (nSPS) is 10.8. The van der Waals surface area contributed by atoms with E-state index in [0.29, 0.717) is 22.4 Å². The number of nitrogens with two attached hydrogens (primary N) is 1. The number of carbonyl (C=O) groups excluding carboxylic acids is 2. The van der Waals surface area contributed by atoms with E-state index in [-0.39, 0.29) is 34.4 Å². The Bertz CT molecular complexity index is 965. The number of hydrogen-bond acceptors (Lipinski definition) is 10. The molecule has 3 N–H and O–H groups in total. The maximum atomic E-state index is 12.3. The molecule has 0 amide bonds. The number of aromatic amines is 1. The largest absolute Gasteiger partial charge is 0.462 e. The maximum absolute atomic E-state index is 12.3. The van der Waals surface area contributed by atoms with Gasteiger partial charge in [-0.05, 0) is 26.0 Å². The van der Waals surface area contributed by atoms with Gasteiger partial charge >= 0.3 is 11.9 Å². The summed E-state index contributed by atoms with van der Waals surface area (Å²) in [6.07, 6.45) is 1.75. The van der Waals surface area contributed by atoms with Gasteiger partial charge in [0.05, 0.1) is 18.8 Å². The Hall–Kier alpha value is -2.79. The number of hydrogen-bond donors (Lipinski definition) is 2. The molecule has 3 aromatic heterocycles. The Balaban J connectivity index is 1.86. The van der Waals surface area contributed by atoms with E-state index in [1.165, 1.54) is 11.8 Å². The number of nitrogens with one attached hydrogen (secondary N) is 1. The van der Waals surface area contributed by atoms with E-state index in [1.807, 2.05) is 6.07 Å². The van der Waals surface area contributed by atoms with Crippen LogP contribution in [-0.4, -0.2) is 40.3 Å². The van der Waals surface area contributed by atoms with Gasteiger partial charge in [-0.25, -0.2) is 9.59 Å². The van der Waals surface area contributed by atoms with Crippen LogP contribution in [-0.2, 0) is 15.2 Å². The van der Waals surface area contributed by atoms with Crippen LogP contribution in [0, 0.1) is 0 Å². The van der Waals surface area contributed by atoms with Gasteiger partial charge in [0.2, 0.25) is 0 Å². The fraction of sp³-hybridized carbons (Fsp3) is 0.294. The maximum Gasteiger partial charge on any atom is 0.348 e. The van der Waals surface area contributed by atoms with E-state index < -0.39 is 11.9 Å². The average Bonchev–Trinajstić information content (AvgIpc) is 3.40. The summed E-state index contributed by atoms with van der Waals surface area (Å²) in [5.74, 6) is -0.570. The Morgan fingerprint density at radius 1 is 1.25 bits per heavy atom. The number of nitrogens with zero attached hydrogens (tertiary/aromatic N) is 2. The van der Waals surface area contributed by atoms with Gasteiger partial charge in [-0.3, -0.25) is 0 Å². The summed E-state index contributed by atoms with van der Waals surface area (Å²) in [4.78, 5) is 27.9. The third-order valence-corrected chi connectivity index (χ3v) is 5.44. The third-order valence-electron chi connectivity index (χ3n) is 3.55. The lowest BCUT2D eigenvalue weighted by Gasteiger charge is -2.06. The zero-order valence-electron chi connectivity index (χ0n) is 15.2. The van der Waals surface area contributed by atoms with E-state index in [4.69, 9.17) is 19.6 Å². The predicted molar refractivity (Wildman–Crippen MR) is 104 cm³/mol. The predicted octanol–water partition coefficient (Wildman–Crippen LogP) is 3.35. The van der Waals surface area contributed by atoms with Gasteiger partial charge in [0.25, 0.3) is 11.1 Å². The molecule has 0 fully saturated rings. The molecule has 0 aliphatic carbocycles. The quantitative estimate of drug-likeness (QED) is 0.414. The van der Waals surface area contributed by atoms with Crippen LogP contribution in [0.3, 0.4) is 0 Å². The number of thioether (sulfide) groups is 1. The zero-order valence-corrected chi connectivity index (χ0v) is 16.8. The lowest BCUT2D eigenvalue weighted by Crippen LogP contribution is -2.11. The van der Waals surface area contributed by atoms with Gasteiger partial charge < -0.3 is 24.6 Å². The van der Waals surface area contributed by atoms with Crippen LogP contribution < -0.4 is 5.73 Å². The van der Waals surface area contributed by atoms with Crippen LogP contribution in [0.1, 0.15) is 39.4 Å². The van der Waals surface area contributed by atoms with Crippen LogP contribution >= 0.6 is 23.1 Å². The van der Waals surface area contributed by atoms with E-state index in [2.05, 4.69) is 15.2 Å². The van der Waals surface area contributed by atoms with Crippen molar-refractivity contribution in [2.45, 2.75) is 24.8 Å². The average molecular weight is 422 g/mol. The summed E-state index contributed by atoms with van der Waals surface area (Å²) in [6, 6.07) is 3.62. The number of esters is 2. The molecule has 0 aliphatic rings. The Morgan fingerprint density at radius 3 is 2.68 bits per heavy atom. The Labute approximate surface area is 168 Å². The molecule has 9 nitrogen and oxygen atoms in total. The van der Waals surface area contributed by atoms with Crippen LogP contribution in [0.4, 0.5) is 5.00 Å². The van der Waals surface area contributed by atoms with Gasteiger partial charge in [0, 0.05) is 17.5 Å². The monoisotopic (exact) mass is 422 g/mol. The van der Waals surface area contributed by atoms with Crippen molar-refractivity contribution in [2.75, 3.05) is 18.9 Å². The minimum absolute atomic E-state index is 0.173. The highest BCUT2D eigenvalue weighted by Crippen LogP contribution is 2.36. The van der Waals surface area contributed by atoms with Crippen molar-refractivity contribution in [2.24, 2.45) is 0 Å². The minimum atomic E-state index is -0.583. The summed E-state index contributed by atoms with van der Waals surface area (Å²) in [6.45, 7) is 3.80. The molecule has 11 heteroatoms. The molecule has 28 heavy (non-hydrogen) atoms. The van der Waals surface area contributed by atoms with Crippen molar-refractivity contribution < 1.29 is 23.5 Å². The van der Waals surface area contributed by atoms with Gasteiger partial charge in [-0.1, -0.05) is 11.8 Å². The van der Waals surface area contributed by atoms with E-state index in [9.17, 15) is 9.59 Å². The molecule has 0 aromatic carbocycles. The van der Waals surface area contributed by atoms with Crippen molar-refractivity contribution >= 4 is 40.0 Å². The highest BCUT2D eigenvalue weighted by Gasteiger charge is 2.28. The van der Waals surface area contributed by atoms with Gasteiger partial charge in [0.1, 0.15) is 15.6 Å². The number of carbonyl (C=O) groups is 2. The molecule has 0 bridgehead atoms. The number of anilines is 1. The fourth-order valence-electron chi connectivity index (χ4n) is 2.39. The van der Waals surface area contributed by atoms with E-state index in [1.54, 1.807) is 26.1 Å². The number of H-pyrrole nitrogens is 1. The molecule has 0 saturated carbocycles.